The molecular weight excluding hydrogens is 612 g/mol. The molecule has 0 fully saturated rings. The van der Waals surface area contributed by atoms with E-state index in [-0.39, 0.29) is 0 Å². The van der Waals surface area contributed by atoms with Crippen LogP contribution in [0.4, 0.5) is 0 Å². The molecule has 0 spiro atoms. The van der Waals surface area contributed by atoms with Gasteiger partial charge in [-0.05, 0) is 19.3 Å². The number of carboxylic acid groups (broad SMARTS) is 3. The Kier molecular flexibility index (Phi) is 51.3. The summed E-state index contributed by atoms with van der Waals surface area (Å²) in [7, 11) is 0. The summed E-state index contributed by atoms with van der Waals surface area (Å²) < 4.78 is 0. The number of carbonyl (C=O) groups is 3. The van der Waals surface area contributed by atoms with E-state index in [0.717, 1.165) is 38.5 Å². The van der Waals surface area contributed by atoms with Crippen LogP contribution in [0.2, 0.25) is 0 Å². The molecule has 6 heteroatoms. The van der Waals surface area contributed by atoms with Gasteiger partial charge in [-0.3, -0.25) is 14.4 Å². The third-order valence-electron chi connectivity index (χ3n) is 9.23. The predicted octanol–water partition coefficient (Wildman–Crippen LogP) is 14.7. The fourth-order valence-corrected chi connectivity index (χ4v) is 6.00. The molecule has 0 saturated carbocycles. The average molecular weight is 699 g/mol. The van der Waals surface area contributed by atoms with E-state index in [2.05, 4.69) is 20.8 Å². The fourth-order valence-electron chi connectivity index (χ4n) is 6.00. The Morgan fingerprint density at radius 2 is 0.367 bits per heavy atom. The van der Waals surface area contributed by atoms with Crippen molar-refractivity contribution in [3.63, 3.8) is 0 Å². The second-order valence-electron chi connectivity index (χ2n) is 14.4. The fraction of sp³-hybridized carbons (Fsp3) is 0.930. The first kappa shape index (κ1) is 51.8. The maximum absolute atomic E-state index is 10.3. The zero-order chi connectivity index (χ0) is 36.9. The van der Waals surface area contributed by atoms with Gasteiger partial charge < -0.3 is 15.3 Å². The van der Waals surface area contributed by atoms with Crippen molar-refractivity contribution in [3.05, 3.63) is 0 Å². The minimum absolute atomic E-state index is 0.344. The minimum atomic E-state index is -0.657. The van der Waals surface area contributed by atoms with E-state index in [4.69, 9.17) is 15.3 Å². The molecule has 0 aliphatic heterocycles. The number of aliphatic carboxylic acids is 3. The summed E-state index contributed by atoms with van der Waals surface area (Å²) in [5.41, 5.74) is 0. The van der Waals surface area contributed by atoms with Gasteiger partial charge in [-0.2, -0.15) is 0 Å². The van der Waals surface area contributed by atoms with Crippen LogP contribution in [-0.2, 0) is 14.4 Å². The third kappa shape index (κ3) is 62.0. The highest BCUT2D eigenvalue weighted by Crippen LogP contribution is 2.14. The third-order valence-corrected chi connectivity index (χ3v) is 9.23. The van der Waals surface area contributed by atoms with E-state index in [9.17, 15) is 14.4 Å². The average Bonchev–Trinajstić information content (AvgIpc) is 3.07. The van der Waals surface area contributed by atoms with Crippen molar-refractivity contribution in [2.24, 2.45) is 0 Å². The molecule has 0 aliphatic carbocycles. The molecule has 0 radical (unpaired) electrons. The Labute approximate surface area is 305 Å². The van der Waals surface area contributed by atoms with Crippen LogP contribution in [0, 0.1) is 0 Å². The molecule has 0 saturated heterocycles. The van der Waals surface area contributed by atoms with Gasteiger partial charge in [0.2, 0.25) is 0 Å². The molecule has 0 rings (SSSR count). The largest absolute Gasteiger partial charge is 0.481 e. The molecule has 0 atom stereocenters. The second kappa shape index (κ2) is 48.5. The molecule has 0 bridgehead atoms. The topological polar surface area (TPSA) is 112 Å². The Bertz CT molecular complexity index is 614. The normalized spacial score (nSPS) is 10.6. The van der Waals surface area contributed by atoms with E-state index >= 15 is 0 Å². The number of hydrogen-bond acceptors (Lipinski definition) is 3. The Hall–Kier alpha value is -1.59. The highest BCUT2D eigenvalue weighted by atomic mass is 16.4. The van der Waals surface area contributed by atoms with Crippen molar-refractivity contribution >= 4 is 17.9 Å². The molecule has 0 aliphatic rings. The molecule has 0 aromatic heterocycles. The number of rotatable bonds is 37. The lowest BCUT2D eigenvalue weighted by Gasteiger charge is -2.02. The van der Waals surface area contributed by atoms with Gasteiger partial charge >= 0.3 is 17.9 Å². The highest BCUT2D eigenvalue weighted by molar-refractivity contribution is 5.67. The number of hydrogen-bond donors (Lipinski definition) is 3. The van der Waals surface area contributed by atoms with Crippen molar-refractivity contribution in [1.82, 2.24) is 0 Å². The molecule has 3 N–H and O–H groups in total. The second-order valence-corrected chi connectivity index (χ2v) is 14.4. The van der Waals surface area contributed by atoms with Crippen molar-refractivity contribution in [3.8, 4) is 0 Å². The Morgan fingerprint density at radius 3 is 0.490 bits per heavy atom. The van der Waals surface area contributed by atoms with Gasteiger partial charge in [-0.15, -0.1) is 0 Å². The Morgan fingerprint density at radius 1 is 0.245 bits per heavy atom. The van der Waals surface area contributed by atoms with Gasteiger partial charge in [0.25, 0.3) is 0 Å². The zero-order valence-electron chi connectivity index (χ0n) is 33.2. The van der Waals surface area contributed by atoms with Gasteiger partial charge in [-0.25, -0.2) is 0 Å². The monoisotopic (exact) mass is 699 g/mol. The van der Waals surface area contributed by atoms with Crippen LogP contribution in [0.3, 0.4) is 0 Å². The highest BCUT2D eigenvalue weighted by Gasteiger charge is 1.99. The van der Waals surface area contributed by atoms with E-state index < -0.39 is 17.9 Å². The molecule has 0 unspecified atom stereocenters. The van der Waals surface area contributed by atoms with Crippen LogP contribution in [-0.4, -0.2) is 33.2 Å². The predicted molar refractivity (Wildman–Crippen MR) is 211 cm³/mol. The summed E-state index contributed by atoms with van der Waals surface area (Å²) in [6, 6.07) is 0. The summed E-state index contributed by atoms with van der Waals surface area (Å²) in [5, 5.41) is 25.4. The maximum Gasteiger partial charge on any atom is 0.303 e. The number of carboxylic acids is 3. The van der Waals surface area contributed by atoms with E-state index in [1.807, 2.05) is 0 Å². The maximum atomic E-state index is 10.3. The van der Waals surface area contributed by atoms with E-state index in [0.29, 0.717) is 19.3 Å². The minimum Gasteiger partial charge on any atom is -0.481 e. The Balaban J connectivity index is -0.000000648. The molecule has 6 nitrogen and oxygen atoms in total. The van der Waals surface area contributed by atoms with Crippen LogP contribution in [0.15, 0.2) is 0 Å². The van der Waals surface area contributed by atoms with Gasteiger partial charge in [0, 0.05) is 19.3 Å². The quantitative estimate of drug-likeness (QED) is 0.0557. The summed E-state index contributed by atoms with van der Waals surface area (Å²) in [5.74, 6) is -1.97. The molecular formula is C43H86O6. The first-order chi connectivity index (χ1) is 23.8. The molecule has 0 aromatic carbocycles. The lowest BCUT2D eigenvalue weighted by Crippen LogP contribution is -1.93. The standard InChI is InChI=1S/C15H30O2.2C14H28O2/c1-2-3-4-5-6-7-8-9-10-11-12-13-14-15(16)17;2*1-2-3-4-5-6-7-8-9-10-11-12-13-14(15)16/h2-14H2,1H3,(H,16,17);2*2-13H2,1H3,(H,15,16). The molecule has 49 heavy (non-hydrogen) atoms. The van der Waals surface area contributed by atoms with Crippen LogP contribution in [0.1, 0.15) is 258 Å². The zero-order valence-corrected chi connectivity index (χ0v) is 33.2. The SMILES string of the molecule is CCCCCCCCCCCCCC(=O)O.CCCCCCCCCCCCCC(=O)O.CCCCCCCCCCCCCCC(=O)O. The van der Waals surface area contributed by atoms with Gasteiger partial charge in [0.05, 0.1) is 0 Å². The van der Waals surface area contributed by atoms with Crippen molar-refractivity contribution in [1.29, 1.82) is 0 Å². The van der Waals surface area contributed by atoms with Crippen LogP contribution >= 0.6 is 0 Å². The van der Waals surface area contributed by atoms with Gasteiger partial charge in [0.15, 0.2) is 0 Å². The summed E-state index contributed by atoms with van der Waals surface area (Å²) in [6.07, 6.45) is 44.5. The summed E-state index contributed by atoms with van der Waals surface area (Å²) >= 11 is 0. The van der Waals surface area contributed by atoms with Gasteiger partial charge in [0.1, 0.15) is 0 Å². The molecule has 0 amide bonds. The molecule has 0 heterocycles. The van der Waals surface area contributed by atoms with Crippen LogP contribution in [0.5, 0.6) is 0 Å². The van der Waals surface area contributed by atoms with Crippen molar-refractivity contribution in [2.75, 3.05) is 0 Å². The smallest absolute Gasteiger partial charge is 0.303 e. The van der Waals surface area contributed by atoms with Crippen LogP contribution < -0.4 is 0 Å². The first-order valence-electron chi connectivity index (χ1n) is 21.5. The summed E-state index contributed by atoms with van der Waals surface area (Å²) in [4.78, 5) is 30.8. The molecule has 294 valence electrons. The lowest BCUT2D eigenvalue weighted by molar-refractivity contribution is -0.138. The summed E-state index contributed by atoms with van der Waals surface area (Å²) in [6.45, 7) is 6.75. The molecule has 0 aromatic rings. The van der Waals surface area contributed by atoms with Crippen molar-refractivity contribution < 1.29 is 29.7 Å². The van der Waals surface area contributed by atoms with E-state index in [1.165, 1.54) is 180 Å². The van der Waals surface area contributed by atoms with Crippen LogP contribution in [0.25, 0.3) is 0 Å². The number of unbranched alkanes of at least 4 members (excludes halogenated alkanes) is 31. The lowest BCUT2D eigenvalue weighted by atomic mass is 10.0. The first-order valence-corrected chi connectivity index (χ1v) is 21.5. The van der Waals surface area contributed by atoms with E-state index in [1.54, 1.807) is 0 Å². The van der Waals surface area contributed by atoms with Gasteiger partial charge in [-0.1, -0.05) is 220 Å². The van der Waals surface area contributed by atoms with Crippen molar-refractivity contribution in [2.45, 2.75) is 258 Å².